The highest BCUT2D eigenvalue weighted by molar-refractivity contribution is 7.89. The van der Waals surface area contributed by atoms with Gasteiger partial charge in [-0.15, -0.1) is 4.52 Å². The van der Waals surface area contributed by atoms with Gasteiger partial charge in [-0.2, -0.15) is 4.31 Å². The zero-order chi connectivity index (χ0) is 37.8. The number of carbonyl (C=O) groups excluding carboxylic acids is 2. The van der Waals surface area contributed by atoms with Crippen LogP contribution >= 0.6 is 8.03 Å². The monoisotopic (exact) mass is 771 g/mol. The third-order valence-electron chi connectivity index (χ3n) is 8.09. The average molecular weight is 772 g/mol. The van der Waals surface area contributed by atoms with E-state index in [0.717, 1.165) is 0 Å². The molecule has 52 heavy (non-hydrogen) atoms. The molecule has 2 aromatic carbocycles. The van der Waals surface area contributed by atoms with Gasteiger partial charge < -0.3 is 43.6 Å². The Morgan fingerprint density at radius 2 is 1.71 bits per heavy atom. The SMILES string of the molecule is COc1ccc(S(=O)(=O)N(CC(C)C)C[C@@H](O)[C@H](Cc2ccc(OC[P+](=O)OCOC(=O)OC(C)C)cc2)NC(=O)O[C@H]2CO[C@H]3OCC[C@H]32)cc1. The van der Waals surface area contributed by atoms with E-state index in [0.29, 0.717) is 30.1 Å². The summed E-state index contributed by atoms with van der Waals surface area (Å²) in [6.45, 7) is 6.93. The number of amides is 1. The largest absolute Gasteiger partial charge is 0.553 e. The number of rotatable bonds is 19. The standard InChI is InChI=1S/C34H47N2O14PS/c1-22(2)17-36(52(41,42)27-12-10-25(43-5)11-13-27)18-30(37)29(35-33(38)50-31-19-45-32-28(31)14-15-44-32)16-24-6-8-26(9-7-24)47-21-51(40)48-20-46-34(39)49-23(3)4/h6-13,22-23,28-32,37H,14-21H2,1-5H3/p+1/t28-,29-,30+,31-,32+/m0/s1. The van der Waals surface area contributed by atoms with E-state index in [1.807, 2.05) is 13.8 Å². The van der Waals surface area contributed by atoms with Crippen LogP contribution in [0.15, 0.2) is 53.4 Å². The van der Waals surface area contributed by atoms with E-state index in [9.17, 15) is 27.7 Å². The predicted molar refractivity (Wildman–Crippen MR) is 185 cm³/mol. The minimum Gasteiger partial charge on any atom is -0.497 e. The highest BCUT2D eigenvalue weighted by atomic mass is 32.2. The first-order valence-electron chi connectivity index (χ1n) is 16.9. The second kappa shape index (κ2) is 19.5. The molecule has 2 fully saturated rings. The maximum Gasteiger partial charge on any atom is 0.553 e. The lowest BCUT2D eigenvalue weighted by molar-refractivity contribution is -0.0907. The van der Waals surface area contributed by atoms with Crippen LogP contribution in [0.4, 0.5) is 9.59 Å². The quantitative estimate of drug-likeness (QED) is 0.116. The number of nitrogens with zero attached hydrogens (tertiary/aromatic N) is 1. The van der Waals surface area contributed by atoms with Gasteiger partial charge in [-0.25, -0.2) is 18.0 Å². The van der Waals surface area contributed by atoms with E-state index < -0.39 is 61.6 Å². The number of aliphatic hydroxyl groups excluding tert-OH is 1. The van der Waals surface area contributed by atoms with Crippen LogP contribution in [-0.2, 0) is 49.2 Å². The maximum atomic E-state index is 13.8. The van der Waals surface area contributed by atoms with E-state index in [1.165, 1.54) is 23.5 Å². The molecule has 2 saturated heterocycles. The highest BCUT2D eigenvalue weighted by Crippen LogP contribution is 2.33. The summed E-state index contributed by atoms with van der Waals surface area (Å²) in [7, 11) is -4.90. The number of ether oxygens (including phenoxy) is 7. The summed E-state index contributed by atoms with van der Waals surface area (Å²) in [5, 5.41) is 14.4. The van der Waals surface area contributed by atoms with E-state index >= 15 is 0 Å². The highest BCUT2D eigenvalue weighted by Gasteiger charge is 2.44. The van der Waals surface area contributed by atoms with Crippen LogP contribution in [0.25, 0.3) is 0 Å². The molecule has 2 aromatic rings. The van der Waals surface area contributed by atoms with Crippen molar-refractivity contribution in [1.82, 2.24) is 9.62 Å². The molecule has 6 atom stereocenters. The van der Waals surface area contributed by atoms with Crippen LogP contribution in [0.5, 0.6) is 11.5 Å². The Balaban J connectivity index is 1.43. The number of alkyl carbamates (subject to hydrolysis) is 1. The molecule has 0 bridgehead atoms. The molecular formula is C34H48N2O14PS+. The van der Waals surface area contributed by atoms with Crippen LogP contribution in [0.3, 0.4) is 0 Å². The zero-order valence-corrected chi connectivity index (χ0v) is 31.6. The molecular weight excluding hydrogens is 723 g/mol. The Kier molecular flexibility index (Phi) is 15.4. The molecule has 288 valence electrons. The topological polar surface area (TPSA) is 195 Å². The van der Waals surface area contributed by atoms with Gasteiger partial charge in [-0.3, -0.25) is 0 Å². The number of methoxy groups -OCH3 is 1. The number of aliphatic hydroxyl groups is 1. The number of fused-ring (bicyclic) bond motifs is 1. The molecule has 16 nitrogen and oxygen atoms in total. The Labute approximate surface area is 304 Å². The van der Waals surface area contributed by atoms with Gasteiger partial charge in [0.1, 0.15) is 17.6 Å². The van der Waals surface area contributed by atoms with Gasteiger partial charge in [0.2, 0.25) is 16.8 Å². The van der Waals surface area contributed by atoms with Crippen LogP contribution in [0.1, 0.15) is 39.7 Å². The summed E-state index contributed by atoms with van der Waals surface area (Å²) in [4.78, 5) is 24.7. The zero-order valence-electron chi connectivity index (χ0n) is 29.9. The molecule has 0 spiro atoms. The van der Waals surface area contributed by atoms with Crippen molar-refractivity contribution in [1.29, 1.82) is 0 Å². The average Bonchev–Trinajstić information content (AvgIpc) is 3.72. The number of benzene rings is 2. The van der Waals surface area contributed by atoms with Crippen molar-refractivity contribution in [3.05, 3.63) is 54.1 Å². The third-order valence-corrected chi connectivity index (χ3v) is 10.7. The third kappa shape index (κ3) is 12.3. The summed E-state index contributed by atoms with van der Waals surface area (Å²) in [6, 6.07) is 11.6. The fraction of sp³-hybridized carbons (Fsp3) is 0.588. The lowest BCUT2D eigenvalue weighted by atomic mass is 10.0. The molecule has 2 aliphatic rings. The van der Waals surface area contributed by atoms with Gasteiger partial charge in [0, 0.05) is 13.1 Å². The molecule has 2 aliphatic heterocycles. The first-order valence-corrected chi connectivity index (χ1v) is 19.7. The van der Waals surface area contributed by atoms with Crippen molar-refractivity contribution in [3.63, 3.8) is 0 Å². The Morgan fingerprint density at radius 1 is 1.02 bits per heavy atom. The predicted octanol–water partition coefficient (Wildman–Crippen LogP) is 4.42. The van der Waals surface area contributed by atoms with E-state index in [1.54, 1.807) is 50.2 Å². The van der Waals surface area contributed by atoms with Crippen molar-refractivity contribution >= 4 is 30.3 Å². The second-order valence-corrected chi connectivity index (χ2v) is 16.1. The maximum absolute atomic E-state index is 13.8. The van der Waals surface area contributed by atoms with Crippen LogP contribution in [0.2, 0.25) is 0 Å². The molecule has 1 unspecified atom stereocenters. The molecule has 18 heteroatoms. The van der Waals surface area contributed by atoms with Gasteiger partial charge in [0.05, 0.1) is 49.4 Å². The fourth-order valence-electron chi connectivity index (χ4n) is 5.56. The van der Waals surface area contributed by atoms with Crippen molar-refractivity contribution in [2.24, 2.45) is 11.8 Å². The van der Waals surface area contributed by atoms with Crippen molar-refractivity contribution < 1.29 is 65.4 Å². The van der Waals surface area contributed by atoms with Gasteiger partial charge in [-0.1, -0.05) is 26.0 Å². The van der Waals surface area contributed by atoms with Crippen molar-refractivity contribution in [2.45, 2.75) is 76.1 Å². The Hall–Kier alpha value is -3.57. The molecule has 1 amide bonds. The summed E-state index contributed by atoms with van der Waals surface area (Å²) < 4.78 is 82.9. The summed E-state index contributed by atoms with van der Waals surface area (Å²) >= 11 is 0. The van der Waals surface area contributed by atoms with Crippen LogP contribution in [0, 0.1) is 11.8 Å². The van der Waals surface area contributed by atoms with E-state index in [4.69, 9.17) is 32.9 Å². The number of sulfonamides is 1. The number of hydrogen-bond acceptors (Lipinski definition) is 14. The Morgan fingerprint density at radius 3 is 2.37 bits per heavy atom. The molecule has 0 aromatic heterocycles. The fourth-order valence-corrected chi connectivity index (χ4v) is 7.69. The first-order chi connectivity index (χ1) is 24.7. The number of carbonyl (C=O) groups is 2. The lowest BCUT2D eigenvalue weighted by Gasteiger charge is -2.31. The van der Waals surface area contributed by atoms with Gasteiger partial charge in [0.25, 0.3) is 0 Å². The van der Waals surface area contributed by atoms with Crippen LogP contribution in [-0.4, -0.2) is 107 Å². The molecule has 4 rings (SSSR count). The van der Waals surface area contributed by atoms with E-state index in [2.05, 4.69) is 10.1 Å². The number of nitrogens with one attached hydrogen (secondary N) is 1. The Bertz CT molecular complexity index is 1580. The first kappa shape index (κ1) is 41.2. The molecule has 0 aliphatic carbocycles. The van der Waals surface area contributed by atoms with Crippen molar-refractivity contribution in [3.8, 4) is 11.5 Å². The molecule has 0 radical (unpaired) electrons. The van der Waals surface area contributed by atoms with Gasteiger partial charge in [0.15, 0.2) is 6.29 Å². The van der Waals surface area contributed by atoms with Crippen LogP contribution < -0.4 is 14.8 Å². The summed E-state index contributed by atoms with van der Waals surface area (Å²) in [5.41, 5.74) is 0.663. The number of hydrogen-bond donors (Lipinski definition) is 2. The summed E-state index contributed by atoms with van der Waals surface area (Å²) in [5.74, 6) is 0.660. The lowest BCUT2D eigenvalue weighted by Crippen LogP contribution is -2.51. The second-order valence-electron chi connectivity index (χ2n) is 12.9. The molecule has 0 saturated carbocycles. The van der Waals surface area contributed by atoms with E-state index in [-0.39, 0.29) is 55.3 Å². The molecule has 2 heterocycles. The summed E-state index contributed by atoms with van der Waals surface area (Å²) in [6.07, 6.45) is -4.00. The smallest absolute Gasteiger partial charge is 0.497 e. The van der Waals surface area contributed by atoms with Gasteiger partial charge >= 0.3 is 26.6 Å². The molecule has 2 N–H and O–H groups in total. The normalized spacial score (nSPS) is 19.9. The minimum absolute atomic E-state index is 0.0310. The van der Waals surface area contributed by atoms with Gasteiger partial charge in [-0.05, 0) is 79.1 Å². The minimum atomic E-state index is -4.05. The van der Waals surface area contributed by atoms with Crippen molar-refractivity contribution in [2.75, 3.05) is 46.6 Å².